The van der Waals surface area contributed by atoms with E-state index in [2.05, 4.69) is 4.72 Å². The average Bonchev–Trinajstić information content (AvgIpc) is 2.42. The van der Waals surface area contributed by atoms with Gasteiger partial charge in [-0.1, -0.05) is 30.3 Å². The van der Waals surface area contributed by atoms with Crippen molar-refractivity contribution in [2.75, 3.05) is 5.73 Å². The summed E-state index contributed by atoms with van der Waals surface area (Å²) in [5, 5.41) is 0. The summed E-state index contributed by atoms with van der Waals surface area (Å²) < 4.78 is 40.4. The second kappa shape index (κ2) is 5.60. The summed E-state index contributed by atoms with van der Waals surface area (Å²) in [4.78, 5) is -0.444. The second-order valence-corrected chi connectivity index (χ2v) is 6.13. The number of halogens is 1. The average molecular weight is 294 g/mol. The summed E-state index contributed by atoms with van der Waals surface area (Å²) in [5.41, 5.74) is 6.49. The molecule has 0 bridgehead atoms. The van der Waals surface area contributed by atoms with E-state index in [0.717, 1.165) is 17.7 Å². The molecule has 1 atom stereocenters. The number of nitrogens with two attached hydrogens (primary N) is 1. The third-order valence-electron chi connectivity index (χ3n) is 2.88. The van der Waals surface area contributed by atoms with Crippen LogP contribution in [0.15, 0.2) is 53.4 Å². The van der Waals surface area contributed by atoms with E-state index in [0.29, 0.717) is 0 Å². The molecular formula is C14H15FN2O2S. The van der Waals surface area contributed by atoms with Gasteiger partial charge in [-0.15, -0.1) is 0 Å². The standard InChI is InChI=1S/C14H15FN2O2S/c1-10(11-5-3-2-4-6-11)17-20(18,19)14-9-12(16)7-8-13(14)15/h2-10,17H,16H2,1H3. The molecule has 0 saturated heterocycles. The number of hydrogen-bond donors (Lipinski definition) is 2. The van der Waals surface area contributed by atoms with E-state index in [-0.39, 0.29) is 5.69 Å². The van der Waals surface area contributed by atoms with Crippen molar-refractivity contribution in [1.82, 2.24) is 4.72 Å². The molecule has 0 spiro atoms. The molecule has 0 aromatic heterocycles. The molecule has 2 aromatic rings. The van der Waals surface area contributed by atoms with Gasteiger partial charge in [0.2, 0.25) is 10.0 Å². The maximum atomic E-state index is 13.6. The Balaban J connectivity index is 2.30. The first kappa shape index (κ1) is 14.5. The first-order valence-corrected chi connectivity index (χ1v) is 7.51. The molecule has 0 fully saturated rings. The van der Waals surface area contributed by atoms with Crippen LogP contribution in [0.2, 0.25) is 0 Å². The van der Waals surface area contributed by atoms with Crippen LogP contribution in [0.25, 0.3) is 0 Å². The van der Waals surface area contributed by atoms with Gasteiger partial charge in [-0.2, -0.15) is 0 Å². The third kappa shape index (κ3) is 3.15. The minimum Gasteiger partial charge on any atom is -0.399 e. The number of nitrogen functional groups attached to an aromatic ring is 1. The molecule has 0 aliphatic heterocycles. The van der Waals surface area contributed by atoms with Crippen LogP contribution in [0.4, 0.5) is 10.1 Å². The van der Waals surface area contributed by atoms with Gasteiger partial charge in [0.1, 0.15) is 10.7 Å². The zero-order chi connectivity index (χ0) is 14.8. The fourth-order valence-electron chi connectivity index (χ4n) is 1.83. The molecule has 4 nitrogen and oxygen atoms in total. The number of hydrogen-bond acceptors (Lipinski definition) is 3. The fraction of sp³-hybridized carbons (Fsp3) is 0.143. The molecule has 0 heterocycles. The van der Waals surface area contributed by atoms with Crippen molar-refractivity contribution < 1.29 is 12.8 Å². The lowest BCUT2D eigenvalue weighted by Crippen LogP contribution is -2.27. The Morgan fingerprint density at radius 1 is 1.15 bits per heavy atom. The van der Waals surface area contributed by atoms with E-state index in [1.54, 1.807) is 31.2 Å². The molecule has 1 unspecified atom stereocenters. The summed E-state index contributed by atoms with van der Waals surface area (Å²) in [6.45, 7) is 1.69. The third-order valence-corrected chi connectivity index (χ3v) is 4.43. The molecule has 2 aromatic carbocycles. The molecule has 0 aliphatic carbocycles. The van der Waals surface area contributed by atoms with Crippen LogP contribution in [0.1, 0.15) is 18.5 Å². The number of rotatable bonds is 4. The lowest BCUT2D eigenvalue weighted by atomic mass is 10.1. The number of anilines is 1. The highest BCUT2D eigenvalue weighted by Crippen LogP contribution is 2.20. The molecule has 20 heavy (non-hydrogen) atoms. The smallest absolute Gasteiger partial charge is 0.244 e. The maximum Gasteiger partial charge on any atom is 0.244 e. The van der Waals surface area contributed by atoms with Gasteiger partial charge in [-0.05, 0) is 30.7 Å². The van der Waals surface area contributed by atoms with Gasteiger partial charge in [-0.25, -0.2) is 17.5 Å². The van der Waals surface area contributed by atoms with Crippen LogP contribution < -0.4 is 10.5 Å². The highest BCUT2D eigenvalue weighted by Gasteiger charge is 2.22. The van der Waals surface area contributed by atoms with Gasteiger partial charge >= 0.3 is 0 Å². The van der Waals surface area contributed by atoms with Crippen molar-refractivity contribution in [2.24, 2.45) is 0 Å². The summed E-state index contributed by atoms with van der Waals surface area (Å²) >= 11 is 0. The molecule has 0 aliphatic rings. The van der Waals surface area contributed by atoms with Crippen molar-refractivity contribution in [2.45, 2.75) is 17.9 Å². The van der Waals surface area contributed by atoms with Gasteiger partial charge < -0.3 is 5.73 Å². The quantitative estimate of drug-likeness (QED) is 0.851. The highest BCUT2D eigenvalue weighted by atomic mass is 32.2. The van der Waals surface area contributed by atoms with E-state index < -0.39 is 26.8 Å². The van der Waals surface area contributed by atoms with Crippen molar-refractivity contribution in [1.29, 1.82) is 0 Å². The van der Waals surface area contributed by atoms with Crippen LogP contribution in [-0.4, -0.2) is 8.42 Å². The van der Waals surface area contributed by atoms with Crippen molar-refractivity contribution >= 4 is 15.7 Å². The Bertz CT molecular complexity index is 702. The highest BCUT2D eigenvalue weighted by molar-refractivity contribution is 7.89. The molecule has 0 amide bonds. The molecule has 6 heteroatoms. The van der Waals surface area contributed by atoms with Crippen molar-refractivity contribution in [3.05, 3.63) is 59.9 Å². The predicted molar refractivity (Wildman–Crippen MR) is 76.0 cm³/mol. The number of sulfonamides is 1. The number of benzene rings is 2. The number of nitrogens with one attached hydrogen (secondary N) is 1. The first-order chi connectivity index (χ1) is 9.40. The zero-order valence-electron chi connectivity index (χ0n) is 10.9. The molecule has 2 rings (SSSR count). The van der Waals surface area contributed by atoms with Gasteiger partial charge in [0.25, 0.3) is 0 Å². The van der Waals surface area contributed by atoms with E-state index in [1.807, 2.05) is 6.07 Å². The Morgan fingerprint density at radius 2 is 1.80 bits per heavy atom. The summed E-state index contributed by atoms with van der Waals surface area (Å²) in [7, 11) is -3.97. The minimum absolute atomic E-state index is 0.194. The van der Waals surface area contributed by atoms with Crippen LogP contribution in [0.3, 0.4) is 0 Å². The largest absolute Gasteiger partial charge is 0.399 e. The van der Waals surface area contributed by atoms with Crippen LogP contribution >= 0.6 is 0 Å². The molecule has 0 saturated carbocycles. The van der Waals surface area contributed by atoms with Gasteiger partial charge in [0.05, 0.1) is 0 Å². The van der Waals surface area contributed by atoms with Crippen LogP contribution in [0, 0.1) is 5.82 Å². The van der Waals surface area contributed by atoms with Crippen molar-refractivity contribution in [3.63, 3.8) is 0 Å². The van der Waals surface area contributed by atoms with Gasteiger partial charge in [0, 0.05) is 11.7 Å². The minimum atomic E-state index is -3.97. The molecule has 106 valence electrons. The second-order valence-electron chi connectivity index (χ2n) is 4.44. The SMILES string of the molecule is CC(NS(=O)(=O)c1cc(N)ccc1F)c1ccccc1. The van der Waals surface area contributed by atoms with Crippen LogP contribution in [-0.2, 0) is 10.0 Å². The maximum absolute atomic E-state index is 13.6. The lowest BCUT2D eigenvalue weighted by Gasteiger charge is -2.15. The molecule has 0 radical (unpaired) electrons. The Hall–Kier alpha value is -1.92. The molecular weight excluding hydrogens is 279 g/mol. The monoisotopic (exact) mass is 294 g/mol. The van der Waals surface area contributed by atoms with E-state index in [4.69, 9.17) is 5.73 Å². The fourth-order valence-corrected chi connectivity index (χ4v) is 3.18. The van der Waals surface area contributed by atoms with Gasteiger partial charge in [0.15, 0.2) is 0 Å². The van der Waals surface area contributed by atoms with Gasteiger partial charge in [-0.3, -0.25) is 0 Å². The zero-order valence-corrected chi connectivity index (χ0v) is 11.7. The van der Waals surface area contributed by atoms with E-state index >= 15 is 0 Å². The summed E-state index contributed by atoms with van der Waals surface area (Å²) in [6, 6.07) is 12.0. The summed E-state index contributed by atoms with van der Waals surface area (Å²) in [6.07, 6.45) is 0. The van der Waals surface area contributed by atoms with Crippen LogP contribution in [0.5, 0.6) is 0 Å². The Morgan fingerprint density at radius 3 is 2.45 bits per heavy atom. The van der Waals surface area contributed by atoms with Crippen molar-refractivity contribution in [3.8, 4) is 0 Å². The normalized spacial score (nSPS) is 13.1. The molecule has 3 N–H and O–H groups in total. The summed E-state index contributed by atoms with van der Waals surface area (Å²) in [5.74, 6) is -0.827. The van der Waals surface area contributed by atoms with E-state index in [1.165, 1.54) is 6.07 Å². The topological polar surface area (TPSA) is 72.2 Å². The van der Waals surface area contributed by atoms with E-state index in [9.17, 15) is 12.8 Å². The first-order valence-electron chi connectivity index (χ1n) is 6.02. The lowest BCUT2D eigenvalue weighted by molar-refractivity contribution is 0.547. The Labute approximate surface area is 117 Å². The Kier molecular flexibility index (Phi) is 4.06. The predicted octanol–water partition coefficient (Wildman–Crippen LogP) is 2.45.